The van der Waals surface area contributed by atoms with Gasteiger partial charge < -0.3 is 21.8 Å². The Bertz CT molecular complexity index is 1260. The van der Waals surface area contributed by atoms with E-state index in [2.05, 4.69) is 22.5 Å². The van der Waals surface area contributed by atoms with E-state index in [1.165, 1.54) is 0 Å². The number of pyridine rings is 1. The minimum absolute atomic E-state index is 0.0962. The second-order valence-corrected chi connectivity index (χ2v) is 7.82. The molecule has 0 aliphatic carbocycles. The monoisotopic (exact) mass is 416 g/mol. The van der Waals surface area contributed by atoms with Crippen LogP contribution in [-0.4, -0.2) is 20.3 Å². The van der Waals surface area contributed by atoms with Crippen molar-refractivity contribution >= 4 is 44.9 Å². The molecule has 7 heteroatoms. The van der Waals surface area contributed by atoms with Crippen molar-refractivity contribution in [2.45, 2.75) is 45.6 Å². The number of aromatic nitrogens is 3. The Labute approximate surface area is 181 Å². The molecule has 0 saturated heterocycles. The van der Waals surface area contributed by atoms with Gasteiger partial charge in [-0.3, -0.25) is 4.79 Å². The van der Waals surface area contributed by atoms with Crippen molar-refractivity contribution in [3.8, 4) is 0 Å². The highest BCUT2D eigenvalue weighted by atomic mass is 16.1. The fraction of sp³-hybridized carbons (Fsp3) is 0.292. The molecule has 0 unspecified atom stereocenters. The molecule has 0 aliphatic rings. The highest BCUT2D eigenvalue weighted by Gasteiger charge is 2.16. The van der Waals surface area contributed by atoms with Gasteiger partial charge in [0.25, 0.3) is 0 Å². The number of unbranched alkanes of at least 4 members (excludes halogenated alkanes) is 2. The summed E-state index contributed by atoms with van der Waals surface area (Å²) in [6.45, 7) is 2.93. The summed E-state index contributed by atoms with van der Waals surface area (Å²) in [6, 6.07) is 13.1. The van der Waals surface area contributed by atoms with E-state index in [9.17, 15) is 4.79 Å². The van der Waals surface area contributed by atoms with Crippen molar-refractivity contribution in [3.63, 3.8) is 0 Å². The van der Waals surface area contributed by atoms with Gasteiger partial charge >= 0.3 is 0 Å². The summed E-state index contributed by atoms with van der Waals surface area (Å²) in [6.07, 6.45) is 4.03. The molecule has 0 saturated carbocycles. The lowest BCUT2D eigenvalue weighted by Crippen LogP contribution is -2.05. The van der Waals surface area contributed by atoms with Gasteiger partial charge in [0.05, 0.1) is 22.4 Å². The Morgan fingerprint density at radius 3 is 2.55 bits per heavy atom. The molecular formula is C24H28N6O. The standard InChI is InChI=1S/C24H28N6O/c1-2-21-29-22-23(16-8-5-6-9-19(16)28-24(22)27)30(21)13-7-3-4-10-20(31)15-11-12-17(25)18(26)14-15/h5-6,8-9,11-12,14H,2-4,7,10,13,25-26H2,1H3,(H2,27,28). The van der Waals surface area contributed by atoms with Gasteiger partial charge in [-0.15, -0.1) is 0 Å². The summed E-state index contributed by atoms with van der Waals surface area (Å²) in [4.78, 5) is 21.7. The maximum Gasteiger partial charge on any atom is 0.162 e. The number of nitrogens with zero attached hydrogens (tertiary/aromatic N) is 3. The maximum absolute atomic E-state index is 12.4. The zero-order valence-corrected chi connectivity index (χ0v) is 17.8. The molecule has 0 atom stereocenters. The van der Waals surface area contributed by atoms with Gasteiger partial charge in [-0.2, -0.15) is 0 Å². The number of para-hydroxylation sites is 1. The first-order chi connectivity index (χ1) is 15.0. The van der Waals surface area contributed by atoms with E-state index in [-0.39, 0.29) is 5.78 Å². The zero-order chi connectivity index (χ0) is 22.0. The average molecular weight is 417 g/mol. The van der Waals surface area contributed by atoms with Gasteiger partial charge in [-0.05, 0) is 37.1 Å². The number of Topliss-reactive ketones (excluding diaryl/α,β-unsaturated/α-hetero) is 1. The van der Waals surface area contributed by atoms with Crippen LogP contribution in [-0.2, 0) is 13.0 Å². The number of aryl methyl sites for hydroxylation is 2. The van der Waals surface area contributed by atoms with E-state index < -0.39 is 0 Å². The van der Waals surface area contributed by atoms with Gasteiger partial charge in [0.1, 0.15) is 11.3 Å². The topological polar surface area (TPSA) is 126 Å². The molecule has 0 bridgehead atoms. The van der Waals surface area contributed by atoms with Crippen LogP contribution in [0.1, 0.15) is 48.8 Å². The largest absolute Gasteiger partial charge is 0.397 e. The number of carbonyl (C=O) groups is 1. The van der Waals surface area contributed by atoms with Crippen LogP contribution in [0, 0.1) is 0 Å². The summed E-state index contributed by atoms with van der Waals surface area (Å²) in [7, 11) is 0. The summed E-state index contributed by atoms with van der Waals surface area (Å²) in [5, 5.41) is 1.06. The lowest BCUT2D eigenvalue weighted by molar-refractivity contribution is 0.0979. The van der Waals surface area contributed by atoms with Crippen LogP contribution in [0.4, 0.5) is 17.2 Å². The Kier molecular flexibility index (Phi) is 5.75. The third kappa shape index (κ3) is 4.03. The third-order valence-corrected chi connectivity index (χ3v) is 5.70. The van der Waals surface area contributed by atoms with Crippen molar-refractivity contribution in [2.24, 2.45) is 0 Å². The molecule has 0 spiro atoms. The molecule has 0 amide bonds. The number of nitrogens with two attached hydrogens (primary N) is 3. The van der Waals surface area contributed by atoms with E-state index in [1.54, 1.807) is 18.2 Å². The Balaban J connectivity index is 1.45. The number of anilines is 3. The first-order valence-electron chi connectivity index (χ1n) is 10.7. The fourth-order valence-corrected chi connectivity index (χ4v) is 4.04. The van der Waals surface area contributed by atoms with Crippen LogP contribution < -0.4 is 17.2 Å². The number of fused-ring (bicyclic) bond motifs is 3. The predicted molar refractivity (Wildman–Crippen MR) is 127 cm³/mol. The number of hydrogen-bond acceptors (Lipinski definition) is 6. The normalized spacial score (nSPS) is 11.4. The average Bonchev–Trinajstić information content (AvgIpc) is 3.15. The Morgan fingerprint density at radius 2 is 1.77 bits per heavy atom. The summed E-state index contributed by atoms with van der Waals surface area (Å²) >= 11 is 0. The first kappa shape index (κ1) is 20.7. The number of imidazole rings is 1. The highest BCUT2D eigenvalue weighted by Crippen LogP contribution is 2.29. The van der Waals surface area contributed by atoms with E-state index in [0.717, 1.165) is 60.0 Å². The molecule has 2 aromatic carbocycles. The number of ketones is 1. The molecule has 31 heavy (non-hydrogen) atoms. The Hall–Kier alpha value is -3.61. The summed E-state index contributed by atoms with van der Waals surface area (Å²) < 4.78 is 2.26. The molecule has 2 aromatic heterocycles. The third-order valence-electron chi connectivity index (χ3n) is 5.70. The van der Waals surface area contributed by atoms with Crippen molar-refractivity contribution in [2.75, 3.05) is 17.2 Å². The highest BCUT2D eigenvalue weighted by molar-refractivity contribution is 6.06. The molecule has 7 nitrogen and oxygen atoms in total. The van der Waals surface area contributed by atoms with Crippen LogP contribution in [0.3, 0.4) is 0 Å². The van der Waals surface area contributed by atoms with Crippen LogP contribution >= 0.6 is 0 Å². The predicted octanol–water partition coefficient (Wildman–Crippen LogP) is 4.34. The second kappa shape index (κ2) is 8.63. The molecule has 6 N–H and O–H groups in total. The smallest absolute Gasteiger partial charge is 0.162 e. The quantitative estimate of drug-likeness (QED) is 0.223. The van der Waals surface area contributed by atoms with Gasteiger partial charge in [0, 0.05) is 30.3 Å². The molecule has 0 fully saturated rings. The first-order valence-corrected chi connectivity index (χ1v) is 10.7. The van der Waals surface area contributed by atoms with Crippen LogP contribution in [0.15, 0.2) is 42.5 Å². The molecule has 4 aromatic rings. The molecule has 2 heterocycles. The van der Waals surface area contributed by atoms with Gasteiger partial charge in [-0.25, -0.2) is 9.97 Å². The maximum atomic E-state index is 12.4. The van der Waals surface area contributed by atoms with E-state index in [4.69, 9.17) is 22.2 Å². The minimum atomic E-state index is 0.0962. The zero-order valence-electron chi connectivity index (χ0n) is 17.8. The molecule has 0 aliphatic heterocycles. The fourth-order valence-electron chi connectivity index (χ4n) is 4.04. The minimum Gasteiger partial charge on any atom is -0.397 e. The van der Waals surface area contributed by atoms with E-state index >= 15 is 0 Å². The summed E-state index contributed by atoms with van der Waals surface area (Å²) in [5.41, 5.74) is 22.0. The number of rotatable bonds is 8. The van der Waals surface area contributed by atoms with Gasteiger partial charge in [0.15, 0.2) is 11.6 Å². The van der Waals surface area contributed by atoms with Crippen LogP contribution in [0.25, 0.3) is 21.9 Å². The lowest BCUT2D eigenvalue weighted by Gasteiger charge is -2.10. The number of hydrogen-bond donors (Lipinski definition) is 3. The summed E-state index contributed by atoms with van der Waals surface area (Å²) in [5.74, 6) is 1.57. The number of nitrogen functional groups attached to an aromatic ring is 3. The lowest BCUT2D eigenvalue weighted by atomic mass is 10.0. The Morgan fingerprint density at radius 1 is 0.968 bits per heavy atom. The van der Waals surface area contributed by atoms with Crippen LogP contribution in [0.5, 0.6) is 0 Å². The van der Waals surface area contributed by atoms with Crippen molar-refractivity contribution < 1.29 is 4.79 Å². The van der Waals surface area contributed by atoms with Crippen LogP contribution in [0.2, 0.25) is 0 Å². The van der Waals surface area contributed by atoms with Gasteiger partial charge in [0.2, 0.25) is 0 Å². The van der Waals surface area contributed by atoms with E-state index in [1.807, 2.05) is 18.2 Å². The van der Waals surface area contributed by atoms with Crippen molar-refractivity contribution in [1.82, 2.24) is 14.5 Å². The molecule has 4 rings (SSSR count). The van der Waals surface area contributed by atoms with Gasteiger partial charge in [-0.1, -0.05) is 31.5 Å². The van der Waals surface area contributed by atoms with Crippen molar-refractivity contribution in [3.05, 3.63) is 53.9 Å². The number of benzene rings is 2. The number of carbonyl (C=O) groups excluding carboxylic acids is 1. The van der Waals surface area contributed by atoms with E-state index in [0.29, 0.717) is 29.2 Å². The SMILES string of the molecule is CCc1nc2c(N)nc3ccccc3c2n1CCCCCC(=O)c1ccc(N)c(N)c1. The van der Waals surface area contributed by atoms with Crippen molar-refractivity contribution in [1.29, 1.82) is 0 Å². The molecular weight excluding hydrogens is 388 g/mol. The molecule has 0 radical (unpaired) electrons. The second-order valence-electron chi connectivity index (χ2n) is 7.82. The molecule has 160 valence electrons.